The number of allylic oxidation sites excluding steroid dienone is 1. The van der Waals surface area contributed by atoms with Crippen LogP contribution in [0.25, 0.3) is 5.70 Å². The van der Waals surface area contributed by atoms with Crippen LogP contribution in [0.4, 0.5) is 0 Å². The van der Waals surface area contributed by atoms with Gasteiger partial charge in [-0.2, -0.15) is 0 Å². The van der Waals surface area contributed by atoms with Crippen LogP contribution in [-0.4, -0.2) is 25.8 Å². The molecule has 30 heavy (non-hydrogen) atoms. The first-order valence-corrected chi connectivity index (χ1v) is 11.1. The van der Waals surface area contributed by atoms with Gasteiger partial charge in [-0.05, 0) is 48.4 Å². The molecular formula is C24H26BCl2N2O. The fraction of sp³-hybridized carbons (Fsp3) is 0.333. The fourth-order valence-electron chi connectivity index (χ4n) is 3.41. The van der Waals surface area contributed by atoms with Crippen molar-refractivity contribution < 1.29 is 4.79 Å². The third-order valence-corrected chi connectivity index (χ3v) is 5.85. The van der Waals surface area contributed by atoms with E-state index in [1.165, 1.54) is 5.47 Å². The first kappa shape index (κ1) is 22.6. The van der Waals surface area contributed by atoms with Gasteiger partial charge in [-0.15, -0.1) is 0 Å². The third-order valence-electron chi connectivity index (χ3n) is 5.11. The highest BCUT2D eigenvalue weighted by Gasteiger charge is 2.23. The number of benzene rings is 2. The van der Waals surface area contributed by atoms with Crippen LogP contribution >= 0.6 is 23.2 Å². The van der Waals surface area contributed by atoms with E-state index in [9.17, 15) is 4.79 Å². The number of aliphatic imine (C=N–C) groups is 1. The number of halogens is 2. The predicted octanol–water partition coefficient (Wildman–Crippen LogP) is 5.82. The fourth-order valence-corrected chi connectivity index (χ4v) is 3.70. The molecule has 0 saturated carbocycles. The van der Waals surface area contributed by atoms with Crippen molar-refractivity contribution in [3.8, 4) is 0 Å². The molecule has 6 heteroatoms. The van der Waals surface area contributed by atoms with E-state index < -0.39 is 0 Å². The number of nitrogens with zero attached hydrogens (tertiary/aromatic N) is 1. The summed E-state index contributed by atoms with van der Waals surface area (Å²) in [5, 5.41) is 4.49. The molecule has 0 aliphatic carbocycles. The molecule has 3 rings (SSSR count). The lowest BCUT2D eigenvalue weighted by Crippen LogP contribution is -2.22. The van der Waals surface area contributed by atoms with E-state index in [0.29, 0.717) is 28.9 Å². The maximum Gasteiger partial charge on any atom is 0.236 e. The zero-order valence-electron chi connectivity index (χ0n) is 17.4. The lowest BCUT2D eigenvalue weighted by Gasteiger charge is -2.11. The first-order valence-electron chi connectivity index (χ1n) is 10.3. The molecule has 155 valence electrons. The summed E-state index contributed by atoms with van der Waals surface area (Å²) in [5.74, 6) is 0.454. The molecule has 0 bridgehead atoms. The summed E-state index contributed by atoms with van der Waals surface area (Å²) >= 11 is 12.3. The van der Waals surface area contributed by atoms with Crippen molar-refractivity contribution in [3.63, 3.8) is 0 Å². The molecule has 0 amide bonds. The van der Waals surface area contributed by atoms with Gasteiger partial charge in [-0.25, -0.2) is 0 Å². The quantitative estimate of drug-likeness (QED) is 0.395. The van der Waals surface area contributed by atoms with Gasteiger partial charge in [0.2, 0.25) is 7.28 Å². The second-order valence-corrected chi connectivity index (χ2v) is 8.86. The van der Waals surface area contributed by atoms with Gasteiger partial charge in [0.05, 0.1) is 15.8 Å². The van der Waals surface area contributed by atoms with Crippen molar-refractivity contribution in [1.82, 2.24) is 5.32 Å². The van der Waals surface area contributed by atoms with Gasteiger partial charge in [0.25, 0.3) is 0 Å². The van der Waals surface area contributed by atoms with E-state index >= 15 is 0 Å². The highest BCUT2D eigenvalue weighted by Crippen LogP contribution is 2.30. The third kappa shape index (κ3) is 6.23. The van der Waals surface area contributed by atoms with E-state index in [1.54, 1.807) is 0 Å². The number of hydrogen-bond donors (Lipinski definition) is 1. The molecule has 0 saturated heterocycles. The van der Waals surface area contributed by atoms with Crippen LogP contribution in [0.3, 0.4) is 0 Å². The molecule has 2 aromatic carbocycles. The summed E-state index contributed by atoms with van der Waals surface area (Å²) in [6.07, 6.45) is 3.71. The summed E-state index contributed by atoms with van der Waals surface area (Å²) < 4.78 is 0. The monoisotopic (exact) mass is 439 g/mol. The Balaban J connectivity index is 1.74. The summed E-state index contributed by atoms with van der Waals surface area (Å²) in [6, 6.07) is 15.7. The van der Waals surface area contributed by atoms with Gasteiger partial charge in [-0.1, -0.05) is 78.9 Å². The Labute approximate surface area is 189 Å². The normalized spacial score (nSPS) is 16.0. The van der Waals surface area contributed by atoms with E-state index in [-0.39, 0.29) is 5.92 Å². The van der Waals surface area contributed by atoms with Crippen molar-refractivity contribution in [3.05, 3.63) is 75.2 Å². The Bertz CT molecular complexity index is 941. The molecule has 1 aliphatic heterocycles. The van der Waals surface area contributed by atoms with Crippen LogP contribution in [0.1, 0.15) is 37.8 Å². The molecule has 0 spiro atoms. The summed E-state index contributed by atoms with van der Waals surface area (Å²) in [5.41, 5.74) is 5.13. The molecule has 0 fully saturated rings. The summed E-state index contributed by atoms with van der Waals surface area (Å²) in [7, 11) is 2.09. The molecule has 0 aromatic heterocycles. The van der Waals surface area contributed by atoms with Gasteiger partial charge < -0.3 is 10.1 Å². The molecule has 1 radical (unpaired) electrons. The minimum absolute atomic E-state index is 0.150. The van der Waals surface area contributed by atoms with Gasteiger partial charge in [0.15, 0.2) is 0 Å². The van der Waals surface area contributed by atoms with E-state index in [2.05, 4.69) is 26.4 Å². The van der Waals surface area contributed by atoms with Gasteiger partial charge in [-0.3, -0.25) is 4.99 Å². The number of rotatable bonds is 9. The Hall–Kier alpha value is -2.04. The minimum atomic E-state index is -0.150. The highest BCUT2D eigenvalue weighted by atomic mass is 35.5. The Morgan fingerprint density at radius 3 is 2.53 bits per heavy atom. The van der Waals surface area contributed by atoms with Crippen molar-refractivity contribution in [2.45, 2.75) is 33.1 Å². The molecule has 1 unspecified atom stereocenters. The Morgan fingerprint density at radius 1 is 1.10 bits per heavy atom. The zero-order valence-corrected chi connectivity index (χ0v) is 18.9. The van der Waals surface area contributed by atoms with Crippen LogP contribution in [0, 0.1) is 11.8 Å². The summed E-state index contributed by atoms with van der Waals surface area (Å²) in [6.45, 7) is 4.88. The highest BCUT2D eigenvalue weighted by molar-refractivity contribution is 6.83. The largest absolute Gasteiger partial charge is 0.353 e. The number of amidine groups is 1. The lowest BCUT2D eigenvalue weighted by atomic mass is 9.67. The SMILES string of the molecule is CC(C)CCC1=C(c2ccc(Cl)c(Cl)c2)NC(=NCC(C=O)Cc2ccccc2)[B]1. The molecule has 1 atom stereocenters. The van der Waals surface area contributed by atoms with Crippen molar-refractivity contribution in [2.75, 3.05) is 6.54 Å². The standard InChI is InChI=1S/C24H26BCl2N2O/c1-16(2)8-10-20-23(19-9-11-21(26)22(27)13-19)29-24(25-20)28-14-18(15-30)12-17-6-4-3-5-7-17/h3-7,9,11,13,15-16,18H,8,10,12,14H2,1-2H3,(H,28,29). The zero-order chi connectivity index (χ0) is 21.5. The number of carbonyl (C=O) groups is 1. The van der Waals surface area contributed by atoms with Crippen molar-refractivity contribution in [2.24, 2.45) is 16.8 Å². The first-order chi connectivity index (χ1) is 14.5. The number of hydrogen-bond acceptors (Lipinski definition) is 2. The Morgan fingerprint density at radius 2 is 1.87 bits per heavy atom. The molecule has 1 N–H and O–H groups in total. The lowest BCUT2D eigenvalue weighted by molar-refractivity contribution is -0.110. The predicted molar refractivity (Wildman–Crippen MR) is 128 cm³/mol. The second-order valence-electron chi connectivity index (χ2n) is 8.04. The van der Waals surface area contributed by atoms with Crippen LogP contribution in [0.2, 0.25) is 10.0 Å². The molecule has 3 nitrogen and oxygen atoms in total. The van der Waals surface area contributed by atoms with E-state index in [1.807, 2.05) is 48.5 Å². The molecular weight excluding hydrogens is 414 g/mol. The van der Waals surface area contributed by atoms with Crippen molar-refractivity contribution in [1.29, 1.82) is 0 Å². The molecule has 1 heterocycles. The second kappa shape index (κ2) is 10.8. The average molecular weight is 440 g/mol. The van der Waals surface area contributed by atoms with Crippen LogP contribution in [0.5, 0.6) is 0 Å². The van der Waals surface area contributed by atoms with Crippen LogP contribution in [-0.2, 0) is 11.2 Å². The average Bonchev–Trinajstić information content (AvgIpc) is 3.15. The Kier molecular flexibility index (Phi) is 8.18. The smallest absolute Gasteiger partial charge is 0.236 e. The molecule has 2 aromatic rings. The van der Waals surface area contributed by atoms with Gasteiger partial charge in [0, 0.05) is 18.2 Å². The van der Waals surface area contributed by atoms with Crippen LogP contribution < -0.4 is 5.32 Å². The minimum Gasteiger partial charge on any atom is -0.353 e. The maximum absolute atomic E-state index is 11.6. The van der Waals surface area contributed by atoms with Gasteiger partial charge >= 0.3 is 0 Å². The number of carbonyl (C=O) groups excluding carboxylic acids is 1. The topological polar surface area (TPSA) is 41.5 Å². The number of aldehydes is 1. The van der Waals surface area contributed by atoms with Crippen molar-refractivity contribution >= 4 is 48.2 Å². The van der Waals surface area contributed by atoms with E-state index in [4.69, 9.17) is 28.2 Å². The van der Waals surface area contributed by atoms with Crippen LogP contribution in [0.15, 0.2) is 59.0 Å². The van der Waals surface area contributed by atoms with Gasteiger partial charge in [0.1, 0.15) is 6.29 Å². The number of nitrogens with one attached hydrogen (secondary N) is 1. The maximum atomic E-state index is 11.6. The summed E-state index contributed by atoms with van der Waals surface area (Å²) in [4.78, 5) is 16.3. The van der Waals surface area contributed by atoms with E-state index in [0.717, 1.165) is 41.7 Å². The molecule has 1 aliphatic rings.